The number of likely N-dealkylation sites (N-methyl/N-ethyl adjacent to an activating group) is 1. The summed E-state index contributed by atoms with van der Waals surface area (Å²) in [6.45, 7) is 2.67. The quantitative estimate of drug-likeness (QED) is 0.657. The highest BCUT2D eigenvalue weighted by molar-refractivity contribution is 5.90. The predicted molar refractivity (Wildman–Crippen MR) is 121 cm³/mol. The zero-order valence-electron chi connectivity index (χ0n) is 18.6. The summed E-state index contributed by atoms with van der Waals surface area (Å²) in [5.74, 6) is 1.27. The molecule has 7 heteroatoms. The molecule has 1 aliphatic rings. The molecule has 1 saturated heterocycles. The fourth-order valence-electron chi connectivity index (χ4n) is 4.73. The highest BCUT2D eigenvalue weighted by Gasteiger charge is 2.37. The molecular weight excluding hydrogens is 408 g/mol. The molecule has 0 aliphatic carbocycles. The van der Waals surface area contributed by atoms with Gasteiger partial charge in [-0.3, -0.25) is 4.79 Å². The third-order valence-electron chi connectivity index (χ3n) is 6.41. The number of hydrogen-bond acceptors (Lipinski definition) is 7. The standard InChI is InChI=1S/C25H26N2O5/c1-14-9-15(12-26)5-6-16(14)20-10-19(29)24-22(31-4)11-21(30-3)23(25(24)32-20)17-7-8-27(2)18(17)13-28/h5-6,9-11,17-18,28H,7-8,13H2,1-4H3/t17-,18+/m0/s1. The van der Waals surface area contributed by atoms with Crippen molar-refractivity contribution in [1.29, 1.82) is 5.26 Å². The number of ether oxygens (including phenoxy) is 2. The number of aliphatic hydroxyl groups excluding tert-OH is 1. The van der Waals surface area contributed by atoms with Gasteiger partial charge in [-0.2, -0.15) is 5.26 Å². The van der Waals surface area contributed by atoms with Crippen molar-refractivity contribution in [2.75, 3.05) is 34.4 Å². The molecule has 166 valence electrons. The van der Waals surface area contributed by atoms with Crippen LogP contribution < -0.4 is 14.9 Å². The van der Waals surface area contributed by atoms with Crippen LogP contribution in [0.5, 0.6) is 11.5 Å². The molecule has 4 rings (SSSR count). The largest absolute Gasteiger partial charge is 0.496 e. The van der Waals surface area contributed by atoms with E-state index >= 15 is 0 Å². The summed E-state index contributed by atoms with van der Waals surface area (Å²) in [7, 11) is 5.05. The average Bonchev–Trinajstić information content (AvgIpc) is 3.17. The maximum absolute atomic E-state index is 13.3. The molecule has 0 saturated carbocycles. The first-order valence-corrected chi connectivity index (χ1v) is 10.5. The van der Waals surface area contributed by atoms with Gasteiger partial charge in [0.1, 0.15) is 28.2 Å². The molecule has 0 bridgehead atoms. The van der Waals surface area contributed by atoms with Crippen LogP contribution in [0, 0.1) is 18.3 Å². The Morgan fingerprint density at radius 3 is 2.59 bits per heavy atom. The van der Waals surface area contributed by atoms with E-state index in [9.17, 15) is 15.2 Å². The maximum Gasteiger partial charge on any atom is 0.197 e. The van der Waals surface area contributed by atoms with Gasteiger partial charge in [0.2, 0.25) is 0 Å². The molecule has 32 heavy (non-hydrogen) atoms. The molecule has 3 aromatic rings. The van der Waals surface area contributed by atoms with Crippen molar-refractivity contribution in [2.24, 2.45) is 0 Å². The predicted octanol–water partition coefficient (Wildman–Crippen LogP) is 3.44. The summed E-state index contributed by atoms with van der Waals surface area (Å²) in [5, 5.41) is 19.6. The van der Waals surface area contributed by atoms with Gasteiger partial charge in [-0.25, -0.2) is 0 Å². The number of hydrogen-bond donors (Lipinski definition) is 1. The summed E-state index contributed by atoms with van der Waals surface area (Å²) in [6.07, 6.45) is 0.795. The van der Waals surface area contributed by atoms with E-state index in [2.05, 4.69) is 11.0 Å². The third kappa shape index (κ3) is 3.52. The Morgan fingerprint density at radius 1 is 1.22 bits per heavy atom. The number of benzene rings is 2. The van der Waals surface area contributed by atoms with Gasteiger partial charge in [-0.1, -0.05) is 0 Å². The molecule has 2 atom stereocenters. The monoisotopic (exact) mass is 434 g/mol. The van der Waals surface area contributed by atoms with Crippen LogP contribution >= 0.6 is 0 Å². The smallest absolute Gasteiger partial charge is 0.197 e. The van der Waals surface area contributed by atoms with Gasteiger partial charge in [0.15, 0.2) is 5.43 Å². The maximum atomic E-state index is 13.3. The van der Waals surface area contributed by atoms with E-state index in [0.29, 0.717) is 33.8 Å². The molecule has 0 unspecified atom stereocenters. The van der Waals surface area contributed by atoms with Gasteiger partial charge < -0.3 is 23.9 Å². The van der Waals surface area contributed by atoms with Gasteiger partial charge in [-0.05, 0) is 50.7 Å². The highest BCUT2D eigenvalue weighted by atomic mass is 16.5. The fraction of sp³-hybridized carbons (Fsp3) is 0.360. The van der Waals surface area contributed by atoms with Crippen molar-refractivity contribution in [3.05, 3.63) is 57.2 Å². The zero-order valence-corrected chi connectivity index (χ0v) is 18.6. The summed E-state index contributed by atoms with van der Waals surface area (Å²) < 4.78 is 17.6. The molecular formula is C25H26N2O5. The van der Waals surface area contributed by atoms with E-state index in [1.54, 1.807) is 31.4 Å². The van der Waals surface area contributed by atoms with Gasteiger partial charge in [0, 0.05) is 35.2 Å². The lowest BCUT2D eigenvalue weighted by atomic mass is 9.89. The molecule has 2 heterocycles. The number of likely N-dealkylation sites (tertiary alicyclic amines) is 1. The van der Waals surface area contributed by atoms with Crippen LogP contribution in [-0.4, -0.2) is 50.5 Å². The summed E-state index contributed by atoms with van der Waals surface area (Å²) in [6, 6.07) is 10.4. The van der Waals surface area contributed by atoms with Crippen LogP contribution in [0.2, 0.25) is 0 Å². The molecule has 0 spiro atoms. The van der Waals surface area contributed by atoms with Crippen LogP contribution in [0.25, 0.3) is 22.3 Å². The van der Waals surface area contributed by atoms with Crippen molar-refractivity contribution in [1.82, 2.24) is 4.90 Å². The Balaban J connectivity index is 2.05. The second-order valence-electron chi connectivity index (χ2n) is 8.14. The number of aliphatic hydroxyl groups is 1. The van der Waals surface area contributed by atoms with Crippen molar-refractivity contribution in [3.63, 3.8) is 0 Å². The Hall–Kier alpha value is -3.34. The third-order valence-corrected chi connectivity index (χ3v) is 6.41. The van der Waals surface area contributed by atoms with Gasteiger partial charge in [0.05, 0.1) is 32.5 Å². The SMILES string of the molecule is COc1cc(OC)c2c(=O)cc(-c3ccc(C#N)cc3C)oc2c1[C@H]1CCN(C)[C@@H]1CO. The lowest BCUT2D eigenvalue weighted by Crippen LogP contribution is -2.32. The minimum absolute atomic E-state index is 0.0174. The summed E-state index contributed by atoms with van der Waals surface area (Å²) in [5.41, 5.74) is 3.05. The van der Waals surface area contributed by atoms with E-state index < -0.39 is 0 Å². The van der Waals surface area contributed by atoms with Gasteiger partial charge >= 0.3 is 0 Å². The van der Waals surface area contributed by atoms with Crippen molar-refractivity contribution < 1.29 is 19.0 Å². The zero-order chi connectivity index (χ0) is 23.0. The first-order valence-electron chi connectivity index (χ1n) is 10.5. The number of nitriles is 1. The van der Waals surface area contributed by atoms with Crippen LogP contribution in [-0.2, 0) is 0 Å². The number of rotatable bonds is 5. The Bertz CT molecular complexity index is 1270. The minimum Gasteiger partial charge on any atom is -0.496 e. The van der Waals surface area contributed by atoms with E-state index in [4.69, 9.17) is 13.9 Å². The summed E-state index contributed by atoms with van der Waals surface area (Å²) in [4.78, 5) is 15.4. The molecule has 0 amide bonds. The first kappa shape index (κ1) is 21.9. The topological polar surface area (TPSA) is 95.9 Å². The first-order chi connectivity index (χ1) is 15.4. The molecule has 2 aromatic carbocycles. The second-order valence-corrected chi connectivity index (χ2v) is 8.14. The Kier molecular flexibility index (Phi) is 5.92. The fourth-order valence-corrected chi connectivity index (χ4v) is 4.73. The summed E-state index contributed by atoms with van der Waals surface area (Å²) >= 11 is 0. The van der Waals surface area contributed by atoms with E-state index in [0.717, 1.165) is 29.7 Å². The molecule has 1 aromatic heterocycles. The van der Waals surface area contributed by atoms with Crippen molar-refractivity contribution in [3.8, 4) is 28.9 Å². The number of fused-ring (bicyclic) bond motifs is 1. The van der Waals surface area contributed by atoms with Crippen LogP contribution in [0.15, 0.2) is 39.5 Å². The lowest BCUT2D eigenvalue weighted by molar-refractivity contribution is 0.171. The second kappa shape index (κ2) is 8.65. The van der Waals surface area contributed by atoms with E-state index in [1.807, 2.05) is 14.0 Å². The average molecular weight is 434 g/mol. The Morgan fingerprint density at radius 2 is 1.97 bits per heavy atom. The molecule has 7 nitrogen and oxygen atoms in total. The normalized spacial score (nSPS) is 18.6. The van der Waals surface area contributed by atoms with E-state index in [1.165, 1.54) is 13.2 Å². The Labute approximate surface area is 186 Å². The lowest BCUT2D eigenvalue weighted by Gasteiger charge is -2.25. The molecule has 1 N–H and O–H groups in total. The highest BCUT2D eigenvalue weighted by Crippen LogP contribution is 2.45. The van der Waals surface area contributed by atoms with Crippen LogP contribution in [0.4, 0.5) is 0 Å². The number of aryl methyl sites for hydroxylation is 1. The number of nitrogens with zero attached hydrogens (tertiary/aromatic N) is 2. The van der Waals surface area contributed by atoms with E-state index in [-0.39, 0.29) is 24.0 Å². The van der Waals surface area contributed by atoms with Gasteiger partial charge in [-0.15, -0.1) is 0 Å². The molecule has 1 aliphatic heterocycles. The molecule has 0 radical (unpaired) electrons. The number of methoxy groups -OCH3 is 2. The van der Waals surface area contributed by atoms with Crippen LogP contribution in [0.3, 0.4) is 0 Å². The molecule has 1 fully saturated rings. The minimum atomic E-state index is -0.224. The van der Waals surface area contributed by atoms with Crippen LogP contribution in [0.1, 0.15) is 29.0 Å². The van der Waals surface area contributed by atoms with Crippen molar-refractivity contribution in [2.45, 2.75) is 25.3 Å². The van der Waals surface area contributed by atoms with Crippen molar-refractivity contribution >= 4 is 11.0 Å². The van der Waals surface area contributed by atoms with Gasteiger partial charge in [0.25, 0.3) is 0 Å².